The van der Waals surface area contributed by atoms with Gasteiger partial charge < -0.3 is 9.30 Å². The van der Waals surface area contributed by atoms with Gasteiger partial charge in [-0.15, -0.1) is 0 Å². The van der Waals surface area contributed by atoms with Gasteiger partial charge in [-0.2, -0.15) is 0 Å². The lowest BCUT2D eigenvalue weighted by molar-refractivity contribution is 0.307. The van der Waals surface area contributed by atoms with E-state index in [4.69, 9.17) is 4.74 Å². The number of hydrogen-bond donors (Lipinski definition) is 0. The highest BCUT2D eigenvalue weighted by Crippen LogP contribution is 2.26. The normalized spacial score (nSPS) is 11.3. The number of aryl methyl sites for hydroxylation is 1. The average molecular weight is 297 g/mol. The second-order valence-electron chi connectivity index (χ2n) is 5.92. The number of rotatable bonds is 4. The number of halogens is 1. The summed E-state index contributed by atoms with van der Waals surface area (Å²) in [5, 5.41) is 1.04. The number of nitrogens with zero attached hydrogens (tertiary/aromatic N) is 1. The third-order valence-corrected chi connectivity index (χ3v) is 3.85. The standard InChI is InChI=1S/C19H20FNO/c1-13(2)21-11-15(18-9-6-16(20)10-19(18)21)12-22-17-7-4-14(3)5-8-17/h4-11,13H,12H2,1-3H3. The number of hydrogen-bond acceptors (Lipinski definition) is 1. The monoisotopic (exact) mass is 297 g/mol. The molecule has 0 bridgehead atoms. The van der Waals surface area contributed by atoms with Gasteiger partial charge in [0.05, 0.1) is 5.52 Å². The predicted molar refractivity (Wildman–Crippen MR) is 87.8 cm³/mol. The Morgan fingerprint density at radius 2 is 1.82 bits per heavy atom. The highest BCUT2D eigenvalue weighted by molar-refractivity contribution is 5.84. The zero-order valence-corrected chi connectivity index (χ0v) is 13.1. The molecule has 2 aromatic carbocycles. The van der Waals surface area contributed by atoms with Crippen molar-refractivity contribution >= 4 is 10.9 Å². The molecule has 22 heavy (non-hydrogen) atoms. The molecule has 0 N–H and O–H groups in total. The largest absolute Gasteiger partial charge is 0.489 e. The van der Waals surface area contributed by atoms with Gasteiger partial charge in [0.15, 0.2) is 0 Å². The van der Waals surface area contributed by atoms with E-state index in [2.05, 4.69) is 31.5 Å². The fourth-order valence-corrected chi connectivity index (χ4v) is 2.63. The van der Waals surface area contributed by atoms with Crippen LogP contribution in [0.4, 0.5) is 4.39 Å². The molecule has 1 heterocycles. The SMILES string of the molecule is Cc1ccc(OCc2cn(C(C)C)c3cc(F)ccc23)cc1. The van der Waals surface area contributed by atoms with Crippen molar-refractivity contribution < 1.29 is 9.13 Å². The lowest BCUT2D eigenvalue weighted by Gasteiger charge is -2.08. The molecule has 0 spiro atoms. The summed E-state index contributed by atoms with van der Waals surface area (Å²) in [6, 6.07) is 13.2. The number of ether oxygens (including phenoxy) is 1. The van der Waals surface area contributed by atoms with Gasteiger partial charge in [-0.3, -0.25) is 0 Å². The highest BCUT2D eigenvalue weighted by atomic mass is 19.1. The van der Waals surface area contributed by atoms with Crippen LogP contribution in [-0.2, 0) is 6.61 Å². The smallest absolute Gasteiger partial charge is 0.125 e. The molecule has 0 aliphatic carbocycles. The zero-order valence-electron chi connectivity index (χ0n) is 13.1. The number of fused-ring (bicyclic) bond motifs is 1. The molecule has 0 aliphatic heterocycles. The first kappa shape index (κ1) is 14.6. The third-order valence-electron chi connectivity index (χ3n) is 3.85. The lowest BCUT2D eigenvalue weighted by Crippen LogP contribution is -1.98. The minimum absolute atomic E-state index is 0.210. The summed E-state index contributed by atoms with van der Waals surface area (Å²) in [5.41, 5.74) is 3.20. The summed E-state index contributed by atoms with van der Waals surface area (Å²) in [6.45, 7) is 6.71. The Morgan fingerprint density at radius 1 is 1.09 bits per heavy atom. The molecule has 2 nitrogen and oxygen atoms in total. The van der Waals surface area contributed by atoms with Crippen molar-refractivity contribution in [2.24, 2.45) is 0 Å². The molecule has 0 unspecified atom stereocenters. The molecule has 1 aromatic heterocycles. The van der Waals surface area contributed by atoms with Crippen molar-refractivity contribution in [2.75, 3.05) is 0 Å². The van der Waals surface area contributed by atoms with Crippen molar-refractivity contribution in [3.63, 3.8) is 0 Å². The fourth-order valence-electron chi connectivity index (χ4n) is 2.63. The first-order valence-corrected chi connectivity index (χ1v) is 7.53. The van der Waals surface area contributed by atoms with Gasteiger partial charge in [0.1, 0.15) is 18.2 Å². The fraction of sp³-hybridized carbons (Fsp3) is 0.263. The van der Waals surface area contributed by atoms with E-state index < -0.39 is 0 Å². The predicted octanol–water partition coefficient (Wildman–Crippen LogP) is 5.25. The van der Waals surface area contributed by atoms with Crippen LogP contribution >= 0.6 is 0 Å². The number of aromatic nitrogens is 1. The Balaban J connectivity index is 1.91. The quantitative estimate of drug-likeness (QED) is 0.641. The summed E-state index contributed by atoms with van der Waals surface area (Å²) in [4.78, 5) is 0. The molecule has 114 valence electrons. The highest BCUT2D eigenvalue weighted by Gasteiger charge is 2.12. The van der Waals surface area contributed by atoms with Crippen LogP contribution in [0.25, 0.3) is 10.9 Å². The minimum atomic E-state index is -0.210. The zero-order chi connectivity index (χ0) is 15.7. The Labute approximate surface area is 130 Å². The Kier molecular flexibility index (Phi) is 3.88. The van der Waals surface area contributed by atoms with Crippen LogP contribution in [0.5, 0.6) is 5.75 Å². The van der Waals surface area contributed by atoms with Crippen LogP contribution in [0.2, 0.25) is 0 Å². The van der Waals surface area contributed by atoms with E-state index in [1.165, 1.54) is 11.6 Å². The molecule has 0 aliphatic rings. The van der Waals surface area contributed by atoms with Crippen molar-refractivity contribution in [3.8, 4) is 5.75 Å². The maximum absolute atomic E-state index is 13.5. The van der Waals surface area contributed by atoms with Gasteiger partial charge in [-0.1, -0.05) is 17.7 Å². The summed E-state index contributed by atoms with van der Waals surface area (Å²) in [5.74, 6) is 0.636. The van der Waals surface area contributed by atoms with E-state index in [0.29, 0.717) is 6.61 Å². The third kappa shape index (κ3) is 2.84. The summed E-state index contributed by atoms with van der Waals surface area (Å²) < 4.78 is 21.5. The molecule has 3 rings (SSSR count). The van der Waals surface area contributed by atoms with E-state index in [1.807, 2.05) is 30.3 Å². The van der Waals surface area contributed by atoms with Gasteiger partial charge in [-0.25, -0.2) is 4.39 Å². The van der Waals surface area contributed by atoms with Crippen LogP contribution < -0.4 is 4.74 Å². The lowest BCUT2D eigenvalue weighted by atomic mass is 10.2. The van der Waals surface area contributed by atoms with Crippen LogP contribution in [-0.4, -0.2) is 4.57 Å². The maximum Gasteiger partial charge on any atom is 0.125 e. The summed E-state index contributed by atoms with van der Waals surface area (Å²) >= 11 is 0. The van der Waals surface area contributed by atoms with E-state index in [0.717, 1.165) is 22.2 Å². The van der Waals surface area contributed by atoms with E-state index >= 15 is 0 Å². The summed E-state index contributed by atoms with van der Waals surface area (Å²) in [7, 11) is 0. The molecule has 0 radical (unpaired) electrons. The summed E-state index contributed by atoms with van der Waals surface area (Å²) in [6.07, 6.45) is 2.06. The van der Waals surface area contributed by atoms with E-state index in [9.17, 15) is 4.39 Å². The van der Waals surface area contributed by atoms with Crippen molar-refractivity contribution in [2.45, 2.75) is 33.4 Å². The Bertz CT molecular complexity index is 787. The van der Waals surface area contributed by atoms with E-state index in [1.54, 1.807) is 6.07 Å². The molecular weight excluding hydrogens is 277 g/mol. The first-order chi connectivity index (χ1) is 10.5. The van der Waals surface area contributed by atoms with Gasteiger partial charge >= 0.3 is 0 Å². The van der Waals surface area contributed by atoms with Crippen LogP contribution in [0.1, 0.15) is 31.0 Å². The van der Waals surface area contributed by atoms with Gasteiger partial charge in [0.2, 0.25) is 0 Å². The molecule has 0 fully saturated rings. The molecule has 0 atom stereocenters. The Hall–Kier alpha value is -2.29. The molecule has 3 heteroatoms. The maximum atomic E-state index is 13.5. The molecule has 0 saturated heterocycles. The average Bonchev–Trinajstić information content (AvgIpc) is 2.85. The second-order valence-corrected chi connectivity index (χ2v) is 5.92. The minimum Gasteiger partial charge on any atom is -0.489 e. The topological polar surface area (TPSA) is 14.2 Å². The van der Waals surface area contributed by atoms with Crippen molar-refractivity contribution in [1.29, 1.82) is 0 Å². The van der Waals surface area contributed by atoms with E-state index in [-0.39, 0.29) is 11.9 Å². The molecule has 3 aromatic rings. The van der Waals surface area contributed by atoms with Gasteiger partial charge in [0, 0.05) is 23.2 Å². The first-order valence-electron chi connectivity index (χ1n) is 7.53. The van der Waals surface area contributed by atoms with Crippen LogP contribution in [0, 0.1) is 12.7 Å². The Morgan fingerprint density at radius 3 is 2.50 bits per heavy atom. The molecular formula is C19H20FNO. The van der Waals surface area contributed by atoms with Crippen LogP contribution in [0.3, 0.4) is 0 Å². The van der Waals surface area contributed by atoms with Gasteiger partial charge in [0.25, 0.3) is 0 Å². The second kappa shape index (κ2) is 5.84. The molecule has 0 amide bonds. The van der Waals surface area contributed by atoms with Crippen molar-refractivity contribution in [3.05, 3.63) is 65.6 Å². The molecule has 0 saturated carbocycles. The van der Waals surface area contributed by atoms with Crippen LogP contribution in [0.15, 0.2) is 48.7 Å². The number of benzene rings is 2. The van der Waals surface area contributed by atoms with Gasteiger partial charge in [-0.05, 0) is 51.1 Å². The van der Waals surface area contributed by atoms with Crippen molar-refractivity contribution in [1.82, 2.24) is 4.57 Å².